The molecule has 0 radical (unpaired) electrons. The molecule has 3 rings (SSSR count). The first-order chi connectivity index (χ1) is 22.2. The lowest BCUT2D eigenvalue weighted by atomic mass is 9.70. The van der Waals surface area contributed by atoms with Crippen molar-refractivity contribution >= 4 is 17.7 Å². The highest BCUT2D eigenvalue weighted by molar-refractivity contribution is 5.74. The first-order valence-electron chi connectivity index (χ1n) is 16.4. The minimum Gasteiger partial charge on any atom is -0.396 e. The summed E-state index contributed by atoms with van der Waals surface area (Å²) >= 11 is 0. The van der Waals surface area contributed by atoms with Crippen LogP contribution in [0.4, 0.5) is 0 Å². The van der Waals surface area contributed by atoms with Gasteiger partial charge >= 0.3 is 0 Å². The fourth-order valence-electron chi connectivity index (χ4n) is 7.80. The van der Waals surface area contributed by atoms with E-state index in [1.807, 2.05) is 0 Å². The second kappa shape index (κ2) is 18.1. The number of ether oxygens (including phenoxy) is 2. The molecule has 0 aliphatic heterocycles. The SMILES string of the molecule is CC(=O)NC1[C@H](COC[C@@H]2C(CO)C[C@@H](COC[C@@H]3C(CO)C[C@@H](O)C(NC(C)=O)[C@@H]3O)C(NC(C)=O)[C@@H]2O)CC(CO)[C@@H](O)[C@H]1O. The van der Waals surface area contributed by atoms with E-state index in [4.69, 9.17) is 9.47 Å². The molecule has 0 aromatic carbocycles. The zero-order valence-corrected chi connectivity index (χ0v) is 27.4. The number of nitrogens with one attached hydrogen (secondary N) is 3. The van der Waals surface area contributed by atoms with Gasteiger partial charge in [-0.25, -0.2) is 0 Å². The number of amides is 3. The molecule has 11 N–H and O–H groups in total. The molecule has 16 nitrogen and oxygen atoms in total. The third-order valence-electron chi connectivity index (χ3n) is 10.3. The number of carbonyl (C=O) groups excluding carboxylic acids is 3. The summed E-state index contributed by atoms with van der Waals surface area (Å²) in [5.74, 6) is -4.92. The maximum absolute atomic E-state index is 12.2. The summed E-state index contributed by atoms with van der Waals surface area (Å²) in [5.41, 5.74) is 0. The average molecular weight is 678 g/mol. The lowest BCUT2D eigenvalue weighted by Gasteiger charge is -2.46. The minimum atomic E-state index is -1.32. The van der Waals surface area contributed by atoms with E-state index in [1.54, 1.807) is 0 Å². The largest absolute Gasteiger partial charge is 0.396 e. The van der Waals surface area contributed by atoms with Gasteiger partial charge in [0.15, 0.2) is 0 Å². The normalized spacial score (nSPS) is 40.8. The van der Waals surface area contributed by atoms with Crippen molar-refractivity contribution in [1.82, 2.24) is 16.0 Å². The van der Waals surface area contributed by atoms with Crippen LogP contribution < -0.4 is 16.0 Å². The number of aliphatic hydroxyl groups is 8. The van der Waals surface area contributed by atoms with Gasteiger partial charge in [0.1, 0.15) is 6.10 Å². The quantitative estimate of drug-likeness (QED) is 0.0835. The van der Waals surface area contributed by atoms with Crippen molar-refractivity contribution in [3.63, 3.8) is 0 Å². The van der Waals surface area contributed by atoms with Gasteiger partial charge in [-0.05, 0) is 31.1 Å². The summed E-state index contributed by atoms with van der Waals surface area (Å²) in [6.45, 7) is 2.90. The summed E-state index contributed by atoms with van der Waals surface area (Å²) in [5, 5.41) is 91.7. The van der Waals surface area contributed by atoms with Gasteiger partial charge in [-0.3, -0.25) is 14.4 Å². The van der Waals surface area contributed by atoms with E-state index in [2.05, 4.69) is 16.0 Å². The Labute approximate surface area is 274 Å². The van der Waals surface area contributed by atoms with Crippen molar-refractivity contribution in [3.8, 4) is 0 Å². The molecule has 3 amide bonds. The molecule has 16 heteroatoms. The third kappa shape index (κ3) is 10.0. The molecule has 15 atom stereocenters. The van der Waals surface area contributed by atoms with Crippen molar-refractivity contribution in [2.24, 2.45) is 41.4 Å². The van der Waals surface area contributed by atoms with Crippen molar-refractivity contribution < 1.29 is 64.7 Å². The van der Waals surface area contributed by atoms with E-state index >= 15 is 0 Å². The van der Waals surface area contributed by atoms with Gasteiger partial charge in [-0.2, -0.15) is 0 Å². The average Bonchev–Trinajstić information content (AvgIpc) is 3.01. The zero-order valence-electron chi connectivity index (χ0n) is 27.4. The molecule has 0 spiro atoms. The summed E-state index contributed by atoms with van der Waals surface area (Å²) in [6, 6.07) is -2.54. The topological polar surface area (TPSA) is 268 Å². The first kappa shape index (κ1) is 39.4. The Morgan fingerprint density at radius 2 is 0.894 bits per heavy atom. The van der Waals surface area contributed by atoms with Gasteiger partial charge in [0.05, 0.1) is 69.0 Å². The molecule has 3 fully saturated rings. The number of rotatable bonds is 14. The maximum atomic E-state index is 12.2. The Morgan fingerprint density at radius 3 is 1.34 bits per heavy atom. The van der Waals surface area contributed by atoms with Gasteiger partial charge in [-0.15, -0.1) is 0 Å². The summed E-state index contributed by atoms with van der Waals surface area (Å²) in [4.78, 5) is 35.6. The fourth-order valence-corrected chi connectivity index (χ4v) is 7.80. The molecular formula is C31H55N3O13. The highest BCUT2D eigenvalue weighted by atomic mass is 16.5. The Bertz CT molecular complexity index is 1020. The number of aliphatic hydroxyl groups excluding tert-OH is 8. The molecule has 3 aliphatic rings. The Morgan fingerprint density at radius 1 is 0.511 bits per heavy atom. The highest BCUT2D eigenvalue weighted by Crippen LogP contribution is 2.37. The van der Waals surface area contributed by atoms with Crippen LogP contribution in [0.5, 0.6) is 0 Å². The number of hydrogen-bond acceptors (Lipinski definition) is 13. The Kier molecular flexibility index (Phi) is 15.2. The fraction of sp³-hybridized carbons (Fsp3) is 0.903. The van der Waals surface area contributed by atoms with Gasteiger partial charge in [0.25, 0.3) is 0 Å². The van der Waals surface area contributed by atoms with E-state index in [-0.39, 0.29) is 65.0 Å². The van der Waals surface area contributed by atoms with E-state index in [1.165, 1.54) is 20.8 Å². The number of carbonyl (C=O) groups is 3. The maximum Gasteiger partial charge on any atom is 0.217 e. The minimum absolute atomic E-state index is 0.0217. The molecule has 0 saturated heterocycles. The molecule has 47 heavy (non-hydrogen) atoms. The number of hydrogen-bond donors (Lipinski definition) is 11. The summed E-state index contributed by atoms with van der Waals surface area (Å²) in [7, 11) is 0. The lowest BCUT2D eigenvalue weighted by Crippen LogP contribution is -2.60. The van der Waals surface area contributed by atoms with Crippen molar-refractivity contribution in [1.29, 1.82) is 0 Å². The van der Waals surface area contributed by atoms with E-state index in [0.29, 0.717) is 6.42 Å². The molecule has 0 aromatic heterocycles. The van der Waals surface area contributed by atoms with Crippen molar-refractivity contribution in [2.45, 2.75) is 88.7 Å². The standard InChI is InChI=1S/C31H55N3O13/c1-14(38)32-25-20(10-46-13-23-18(8-36)6-24(41)27(30(23)44)34-16(3)40)4-17(7-35)22(29(25)43)12-47-11-21-5-19(9-37)28(42)31(45)26(21)33-15(2)39/h17-31,35-37,41-45H,4-13H2,1-3H3,(H,32,38)(H,33,39)(H,34,40)/t17?,18?,19?,20-,21-,22+,23+,24+,25?,26?,27?,28+,29+,30+,31-/m0/s1. The van der Waals surface area contributed by atoms with Crippen molar-refractivity contribution in [2.75, 3.05) is 46.2 Å². The van der Waals surface area contributed by atoms with Crippen LogP contribution in [-0.2, 0) is 23.9 Å². The van der Waals surface area contributed by atoms with Crippen LogP contribution in [0.25, 0.3) is 0 Å². The summed E-state index contributed by atoms with van der Waals surface area (Å²) in [6.07, 6.45) is -5.20. The van der Waals surface area contributed by atoms with E-state index < -0.39 is 102 Å². The molecule has 6 unspecified atom stereocenters. The van der Waals surface area contributed by atoms with Gasteiger partial charge < -0.3 is 66.3 Å². The molecule has 0 aromatic rings. The van der Waals surface area contributed by atoms with Gasteiger partial charge in [0.2, 0.25) is 17.7 Å². The van der Waals surface area contributed by atoms with Gasteiger partial charge in [0, 0.05) is 70.2 Å². The van der Waals surface area contributed by atoms with Crippen molar-refractivity contribution in [3.05, 3.63) is 0 Å². The molecule has 0 bridgehead atoms. The lowest BCUT2D eigenvalue weighted by molar-refractivity contribution is -0.137. The Balaban J connectivity index is 1.66. The molecule has 3 aliphatic carbocycles. The van der Waals surface area contributed by atoms with Crippen LogP contribution in [-0.4, -0.2) is 153 Å². The second-order valence-electron chi connectivity index (χ2n) is 13.7. The highest BCUT2D eigenvalue weighted by Gasteiger charge is 2.47. The predicted molar refractivity (Wildman–Crippen MR) is 164 cm³/mol. The zero-order chi connectivity index (χ0) is 35.0. The Hall–Kier alpha value is -1.99. The van der Waals surface area contributed by atoms with Crippen LogP contribution in [0, 0.1) is 41.4 Å². The molecule has 0 heterocycles. The van der Waals surface area contributed by atoms with Crippen LogP contribution >= 0.6 is 0 Å². The summed E-state index contributed by atoms with van der Waals surface area (Å²) < 4.78 is 12.0. The monoisotopic (exact) mass is 677 g/mol. The smallest absolute Gasteiger partial charge is 0.217 e. The van der Waals surface area contributed by atoms with Crippen LogP contribution in [0.2, 0.25) is 0 Å². The van der Waals surface area contributed by atoms with Gasteiger partial charge in [-0.1, -0.05) is 0 Å². The third-order valence-corrected chi connectivity index (χ3v) is 10.3. The van der Waals surface area contributed by atoms with Crippen LogP contribution in [0.1, 0.15) is 40.0 Å². The second-order valence-corrected chi connectivity index (χ2v) is 13.7. The molecule has 272 valence electrons. The van der Waals surface area contributed by atoms with E-state index in [9.17, 15) is 55.2 Å². The van der Waals surface area contributed by atoms with Crippen LogP contribution in [0.3, 0.4) is 0 Å². The van der Waals surface area contributed by atoms with E-state index in [0.717, 1.165) is 0 Å². The molecule has 3 saturated carbocycles. The predicted octanol–water partition coefficient (Wildman–Crippen LogP) is -4.16. The first-order valence-corrected chi connectivity index (χ1v) is 16.4. The molecular weight excluding hydrogens is 622 g/mol. The van der Waals surface area contributed by atoms with Crippen LogP contribution in [0.15, 0.2) is 0 Å².